The predicted molar refractivity (Wildman–Crippen MR) is 86.2 cm³/mol. The number of fused-ring (bicyclic) bond motifs is 1. The molecule has 0 atom stereocenters. The van der Waals surface area contributed by atoms with Crippen molar-refractivity contribution < 1.29 is 4.79 Å². The zero-order valence-electron chi connectivity index (χ0n) is 12.9. The van der Waals surface area contributed by atoms with E-state index < -0.39 is 0 Å². The highest BCUT2D eigenvalue weighted by Crippen LogP contribution is 2.31. The second-order valence-corrected chi connectivity index (χ2v) is 6.27. The number of hydrogen-bond acceptors (Lipinski definition) is 1. The fourth-order valence-electron chi connectivity index (χ4n) is 3.11. The predicted octanol–water partition coefficient (Wildman–Crippen LogP) is 4.27. The van der Waals surface area contributed by atoms with Gasteiger partial charge in [-0.05, 0) is 41.2 Å². The van der Waals surface area contributed by atoms with Crippen molar-refractivity contribution in [2.45, 2.75) is 27.3 Å². The van der Waals surface area contributed by atoms with Crippen LogP contribution in [0.3, 0.4) is 0 Å². The molecule has 2 nitrogen and oxygen atoms in total. The van der Waals surface area contributed by atoms with Crippen molar-refractivity contribution in [2.75, 3.05) is 6.54 Å². The molecule has 2 aromatic rings. The minimum absolute atomic E-state index is 0.191. The van der Waals surface area contributed by atoms with E-state index in [1.807, 2.05) is 30.0 Å². The molecular formula is C19H21NO. The maximum absolute atomic E-state index is 12.5. The molecular weight excluding hydrogens is 258 g/mol. The molecule has 0 bridgehead atoms. The summed E-state index contributed by atoms with van der Waals surface area (Å²) < 4.78 is 0. The molecule has 1 amide bonds. The van der Waals surface area contributed by atoms with Gasteiger partial charge in [0.25, 0.3) is 5.91 Å². The number of nitrogens with zero attached hydrogens (tertiary/aromatic N) is 1. The van der Waals surface area contributed by atoms with Gasteiger partial charge in [0.15, 0.2) is 0 Å². The molecule has 0 saturated heterocycles. The normalized spacial score (nSPS) is 13.9. The summed E-state index contributed by atoms with van der Waals surface area (Å²) in [5.41, 5.74) is 5.57. The fraction of sp³-hybridized carbons (Fsp3) is 0.316. The van der Waals surface area contributed by atoms with E-state index in [9.17, 15) is 4.79 Å². The van der Waals surface area contributed by atoms with Crippen molar-refractivity contribution >= 4 is 5.91 Å². The highest BCUT2D eigenvalue weighted by Gasteiger charge is 2.29. The van der Waals surface area contributed by atoms with Crippen LogP contribution in [0.25, 0.3) is 11.1 Å². The maximum atomic E-state index is 12.5. The van der Waals surface area contributed by atoms with Crippen LogP contribution in [-0.2, 0) is 6.54 Å². The number of amides is 1. The van der Waals surface area contributed by atoms with Gasteiger partial charge in [0.05, 0.1) is 0 Å². The molecule has 0 spiro atoms. The van der Waals surface area contributed by atoms with Gasteiger partial charge in [-0.2, -0.15) is 0 Å². The number of carbonyl (C=O) groups is 1. The number of rotatable bonds is 3. The molecule has 0 radical (unpaired) electrons. The van der Waals surface area contributed by atoms with Crippen LogP contribution < -0.4 is 0 Å². The van der Waals surface area contributed by atoms with E-state index in [4.69, 9.17) is 0 Å². The van der Waals surface area contributed by atoms with Crippen LogP contribution in [-0.4, -0.2) is 17.4 Å². The number of aryl methyl sites for hydroxylation is 1. The molecule has 21 heavy (non-hydrogen) atoms. The quantitative estimate of drug-likeness (QED) is 0.821. The van der Waals surface area contributed by atoms with Crippen molar-refractivity contribution in [3.8, 4) is 11.1 Å². The van der Waals surface area contributed by atoms with E-state index in [-0.39, 0.29) is 5.91 Å². The first kappa shape index (κ1) is 13.9. The Bertz CT molecular complexity index is 673. The van der Waals surface area contributed by atoms with Gasteiger partial charge in [-0.25, -0.2) is 0 Å². The van der Waals surface area contributed by atoms with Crippen LogP contribution in [0.15, 0.2) is 42.5 Å². The van der Waals surface area contributed by atoms with Crippen molar-refractivity contribution in [3.63, 3.8) is 0 Å². The zero-order chi connectivity index (χ0) is 15.0. The van der Waals surface area contributed by atoms with E-state index in [0.717, 1.165) is 24.2 Å². The minimum Gasteiger partial charge on any atom is -0.334 e. The highest BCUT2D eigenvalue weighted by molar-refractivity contribution is 6.00. The Balaban J connectivity index is 2.00. The van der Waals surface area contributed by atoms with Crippen molar-refractivity contribution in [1.29, 1.82) is 0 Å². The zero-order valence-corrected chi connectivity index (χ0v) is 12.9. The van der Waals surface area contributed by atoms with Gasteiger partial charge in [-0.1, -0.05) is 50.2 Å². The third kappa shape index (κ3) is 2.58. The molecule has 0 N–H and O–H groups in total. The molecule has 3 rings (SSSR count). The molecule has 0 unspecified atom stereocenters. The number of carbonyl (C=O) groups excluding carboxylic acids is 1. The number of hydrogen-bond donors (Lipinski definition) is 0. The Morgan fingerprint density at radius 2 is 1.81 bits per heavy atom. The van der Waals surface area contributed by atoms with E-state index in [1.54, 1.807) is 0 Å². The first-order valence-electron chi connectivity index (χ1n) is 7.54. The van der Waals surface area contributed by atoms with Crippen molar-refractivity contribution in [3.05, 3.63) is 59.2 Å². The van der Waals surface area contributed by atoms with Crippen LogP contribution in [0.1, 0.15) is 35.3 Å². The Hall–Kier alpha value is -2.09. The van der Waals surface area contributed by atoms with Crippen LogP contribution in [0.2, 0.25) is 0 Å². The molecule has 0 aliphatic carbocycles. The first-order valence-corrected chi connectivity index (χ1v) is 7.54. The van der Waals surface area contributed by atoms with Crippen molar-refractivity contribution in [1.82, 2.24) is 4.90 Å². The standard InChI is InChI=1S/C19H21NO/c1-13(2)11-20-12-17-10-16(15-7-5-4-6-8-15)9-14(3)18(17)19(20)21/h4-10,13H,11-12H2,1-3H3. The van der Waals surface area contributed by atoms with Crippen LogP contribution in [0.5, 0.6) is 0 Å². The largest absolute Gasteiger partial charge is 0.334 e. The maximum Gasteiger partial charge on any atom is 0.254 e. The van der Waals surface area contributed by atoms with Crippen molar-refractivity contribution in [2.24, 2.45) is 5.92 Å². The van der Waals surface area contributed by atoms with Gasteiger partial charge < -0.3 is 4.90 Å². The molecule has 0 fully saturated rings. The lowest BCUT2D eigenvalue weighted by Gasteiger charge is -2.17. The Kier molecular flexibility index (Phi) is 3.54. The Morgan fingerprint density at radius 3 is 2.48 bits per heavy atom. The highest BCUT2D eigenvalue weighted by atomic mass is 16.2. The summed E-state index contributed by atoms with van der Waals surface area (Å²) in [7, 11) is 0. The molecule has 1 aliphatic heterocycles. The topological polar surface area (TPSA) is 20.3 Å². The van der Waals surface area contributed by atoms with E-state index in [0.29, 0.717) is 5.92 Å². The average Bonchev–Trinajstić information content (AvgIpc) is 2.76. The lowest BCUT2D eigenvalue weighted by Crippen LogP contribution is -2.28. The van der Waals surface area contributed by atoms with Crippen LogP contribution in [0.4, 0.5) is 0 Å². The summed E-state index contributed by atoms with van der Waals surface area (Å²) in [5, 5.41) is 0. The minimum atomic E-state index is 0.191. The van der Waals surface area contributed by atoms with Gasteiger partial charge >= 0.3 is 0 Å². The summed E-state index contributed by atoms with van der Waals surface area (Å²) in [5.74, 6) is 0.688. The molecule has 2 aromatic carbocycles. The molecule has 2 heteroatoms. The molecule has 0 saturated carbocycles. The second kappa shape index (κ2) is 5.36. The lowest BCUT2D eigenvalue weighted by atomic mass is 9.96. The van der Waals surface area contributed by atoms with Gasteiger partial charge in [0, 0.05) is 18.7 Å². The molecule has 108 valence electrons. The fourth-order valence-corrected chi connectivity index (χ4v) is 3.11. The summed E-state index contributed by atoms with van der Waals surface area (Å²) in [6.45, 7) is 7.92. The summed E-state index contributed by atoms with van der Waals surface area (Å²) in [6.07, 6.45) is 0. The lowest BCUT2D eigenvalue weighted by molar-refractivity contribution is 0.0759. The summed E-state index contributed by atoms with van der Waals surface area (Å²) in [6, 6.07) is 14.7. The Labute approximate surface area is 126 Å². The molecule has 0 aromatic heterocycles. The van der Waals surface area contributed by atoms with Gasteiger partial charge in [-0.3, -0.25) is 4.79 Å². The summed E-state index contributed by atoms with van der Waals surface area (Å²) in [4.78, 5) is 14.5. The average molecular weight is 279 g/mol. The second-order valence-electron chi connectivity index (χ2n) is 6.27. The monoisotopic (exact) mass is 279 g/mol. The van der Waals surface area contributed by atoms with E-state index in [1.165, 1.54) is 16.7 Å². The Morgan fingerprint density at radius 1 is 1.10 bits per heavy atom. The van der Waals surface area contributed by atoms with Crippen LogP contribution in [0, 0.1) is 12.8 Å². The first-order chi connectivity index (χ1) is 10.1. The van der Waals surface area contributed by atoms with Crippen LogP contribution >= 0.6 is 0 Å². The van der Waals surface area contributed by atoms with E-state index in [2.05, 4.69) is 38.1 Å². The van der Waals surface area contributed by atoms with E-state index >= 15 is 0 Å². The smallest absolute Gasteiger partial charge is 0.254 e. The third-order valence-corrected chi connectivity index (χ3v) is 3.97. The van der Waals surface area contributed by atoms with Gasteiger partial charge in [0.2, 0.25) is 0 Å². The van der Waals surface area contributed by atoms with Gasteiger partial charge in [-0.15, -0.1) is 0 Å². The SMILES string of the molecule is Cc1cc(-c2ccccc2)cc2c1C(=O)N(CC(C)C)C2. The third-order valence-electron chi connectivity index (χ3n) is 3.97. The van der Waals surface area contributed by atoms with Gasteiger partial charge in [0.1, 0.15) is 0 Å². The molecule has 1 aliphatic rings. The number of benzene rings is 2. The summed E-state index contributed by atoms with van der Waals surface area (Å²) >= 11 is 0. The molecule has 1 heterocycles.